The van der Waals surface area contributed by atoms with E-state index in [1.165, 1.54) is 18.2 Å². The summed E-state index contributed by atoms with van der Waals surface area (Å²) >= 11 is 11.5. The third-order valence-corrected chi connectivity index (χ3v) is 3.77. The SMILES string of the molecule is O=C(Cc1cc(-c2ccc(Cl)cc2)on1)Nc1ccc(F)c(Cl)c1. The summed E-state index contributed by atoms with van der Waals surface area (Å²) in [5.41, 5.74) is 1.70. The van der Waals surface area contributed by atoms with Crippen molar-refractivity contribution in [2.24, 2.45) is 0 Å². The van der Waals surface area contributed by atoms with Crippen molar-refractivity contribution in [3.8, 4) is 11.3 Å². The molecule has 0 aliphatic heterocycles. The van der Waals surface area contributed by atoms with Crippen LogP contribution in [0.4, 0.5) is 10.1 Å². The number of amides is 1. The molecule has 0 aliphatic rings. The van der Waals surface area contributed by atoms with Gasteiger partial charge >= 0.3 is 0 Å². The second-order valence-corrected chi connectivity index (χ2v) is 5.89. The lowest BCUT2D eigenvalue weighted by atomic mass is 10.1. The Morgan fingerprint density at radius 3 is 2.58 bits per heavy atom. The second kappa shape index (κ2) is 7.03. The molecule has 122 valence electrons. The summed E-state index contributed by atoms with van der Waals surface area (Å²) < 4.78 is 18.3. The third-order valence-electron chi connectivity index (χ3n) is 3.23. The summed E-state index contributed by atoms with van der Waals surface area (Å²) in [6.07, 6.45) is 0.0199. The molecule has 1 N–H and O–H groups in total. The fraction of sp³-hybridized carbons (Fsp3) is 0.0588. The predicted octanol–water partition coefficient (Wildman–Crippen LogP) is 4.97. The highest BCUT2D eigenvalue weighted by Crippen LogP contribution is 2.23. The number of carbonyl (C=O) groups excluding carboxylic acids is 1. The number of carbonyl (C=O) groups is 1. The molecular weight excluding hydrogens is 354 g/mol. The number of benzene rings is 2. The molecule has 2 aromatic carbocycles. The van der Waals surface area contributed by atoms with Gasteiger partial charge in [0.1, 0.15) is 5.82 Å². The van der Waals surface area contributed by atoms with Crippen molar-refractivity contribution < 1.29 is 13.7 Å². The van der Waals surface area contributed by atoms with Gasteiger partial charge in [-0.15, -0.1) is 0 Å². The van der Waals surface area contributed by atoms with Crippen LogP contribution in [0.3, 0.4) is 0 Å². The maximum absolute atomic E-state index is 13.1. The molecule has 0 bridgehead atoms. The lowest BCUT2D eigenvalue weighted by Gasteiger charge is -2.04. The first-order valence-electron chi connectivity index (χ1n) is 6.98. The first-order valence-corrected chi connectivity index (χ1v) is 7.73. The van der Waals surface area contributed by atoms with E-state index in [1.807, 2.05) is 0 Å². The minimum absolute atomic E-state index is 0.0199. The molecule has 0 saturated carbocycles. The molecule has 0 radical (unpaired) electrons. The highest BCUT2D eigenvalue weighted by Gasteiger charge is 2.11. The summed E-state index contributed by atoms with van der Waals surface area (Å²) in [7, 11) is 0. The van der Waals surface area contributed by atoms with Crippen molar-refractivity contribution in [2.45, 2.75) is 6.42 Å². The van der Waals surface area contributed by atoms with Crippen LogP contribution in [0, 0.1) is 5.82 Å². The number of aromatic nitrogens is 1. The zero-order chi connectivity index (χ0) is 17.1. The zero-order valence-corrected chi connectivity index (χ0v) is 13.7. The summed E-state index contributed by atoms with van der Waals surface area (Å²) in [5, 5.41) is 7.06. The Labute approximate surface area is 147 Å². The Kier molecular flexibility index (Phi) is 4.83. The van der Waals surface area contributed by atoms with E-state index in [9.17, 15) is 9.18 Å². The number of halogens is 3. The van der Waals surface area contributed by atoms with Crippen LogP contribution >= 0.6 is 23.2 Å². The summed E-state index contributed by atoms with van der Waals surface area (Å²) in [4.78, 5) is 12.0. The van der Waals surface area contributed by atoms with Crippen LogP contribution in [0.1, 0.15) is 5.69 Å². The number of nitrogens with one attached hydrogen (secondary N) is 1. The fourth-order valence-corrected chi connectivity index (χ4v) is 2.40. The van der Waals surface area contributed by atoms with Gasteiger partial charge in [-0.2, -0.15) is 0 Å². The molecule has 1 heterocycles. The molecule has 3 aromatic rings. The van der Waals surface area contributed by atoms with Crippen molar-refractivity contribution in [2.75, 3.05) is 5.32 Å². The Hall–Kier alpha value is -2.37. The van der Waals surface area contributed by atoms with Gasteiger partial charge < -0.3 is 9.84 Å². The van der Waals surface area contributed by atoms with Gasteiger partial charge in [-0.3, -0.25) is 4.79 Å². The van der Waals surface area contributed by atoms with E-state index in [4.69, 9.17) is 27.7 Å². The molecule has 4 nitrogen and oxygen atoms in total. The third kappa shape index (κ3) is 3.93. The molecule has 0 aliphatic carbocycles. The molecule has 1 aromatic heterocycles. The van der Waals surface area contributed by atoms with Gasteiger partial charge in [0, 0.05) is 22.3 Å². The van der Waals surface area contributed by atoms with E-state index >= 15 is 0 Å². The standard InChI is InChI=1S/C17H11Cl2FN2O2/c18-11-3-1-10(2-4-11)16-8-13(22-24-16)9-17(23)21-12-5-6-15(20)14(19)7-12/h1-8H,9H2,(H,21,23). The van der Waals surface area contributed by atoms with Crippen LogP contribution in [-0.4, -0.2) is 11.1 Å². The van der Waals surface area contributed by atoms with Gasteiger partial charge in [0.2, 0.25) is 5.91 Å². The Bertz CT molecular complexity index is 879. The summed E-state index contributed by atoms with van der Waals surface area (Å²) in [6, 6.07) is 12.7. The zero-order valence-electron chi connectivity index (χ0n) is 12.2. The molecular formula is C17H11Cl2FN2O2. The molecule has 24 heavy (non-hydrogen) atoms. The first kappa shape index (κ1) is 16.5. The number of hydrogen-bond donors (Lipinski definition) is 1. The predicted molar refractivity (Wildman–Crippen MR) is 90.7 cm³/mol. The molecule has 0 spiro atoms. The quantitative estimate of drug-likeness (QED) is 0.710. The van der Waals surface area contributed by atoms with Gasteiger partial charge in [-0.05, 0) is 42.5 Å². The van der Waals surface area contributed by atoms with Gasteiger partial charge in [0.05, 0.1) is 17.1 Å². The van der Waals surface area contributed by atoms with Crippen molar-refractivity contribution in [1.29, 1.82) is 0 Å². The van der Waals surface area contributed by atoms with Crippen molar-refractivity contribution in [3.05, 3.63) is 70.1 Å². The van der Waals surface area contributed by atoms with Crippen LogP contribution in [-0.2, 0) is 11.2 Å². The number of rotatable bonds is 4. The van der Waals surface area contributed by atoms with Gasteiger partial charge in [-0.25, -0.2) is 4.39 Å². The van der Waals surface area contributed by atoms with Crippen LogP contribution in [0.5, 0.6) is 0 Å². The summed E-state index contributed by atoms with van der Waals surface area (Å²) in [5.74, 6) is -0.313. The van der Waals surface area contributed by atoms with Gasteiger partial charge in [0.25, 0.3) is 0 Å². The minimum Gasteiger partial charge on any atom is -0.356 e. The second-order valence-electron chi connectivity index (χ2n) is 5.04. The number of anilines is 1. The fourth-order valence-electron chi connectivity index (χ4n) is 2.09. The Balaban J connectivity index is 1.66. The number of hydrogen-bond acceptors (Lipinski definition) is 3. The van der Waals surface area contributed by atoms with Crippen LogP contribution in [0.2, 0.25) is 10.0 Å². The van der Waals surface area contributed by atoms with E-state index in [1.54, 1.807) is 30.3 Å². The van der Waals surface area contributed by atoms with Crippen molar-refractivity contribution in [1.82, 2.24) is 5.16 Å². The average molecular weight is 365 g/mol. The molecule has 0 atom stereocenters. The monoisotopic (exact) mass is 364 g/mol. The van der Waals surface area contributed by atoms with E-state index in [0.29, 0.717) is 22.2 Å². The molecule has 1 amide bonds. The van der Waals surface area contributed by atoms with Crippen LogP contribution in [0.15, 0.2) is 53.1 Å². The minimum atomic E-state index is -0.543. The van der Waals surface area contributed by atoms with Gasteiger partial charge in [-0.1, -0.05) is 28.4 Å². The Morgan fingerprint density at radius 2 is 1.88 bits per heavy atom. The maximum Gasteiger partial charge on any atom is 0.230 e. The topological polar surface area (TPSA) is 55.1 Å². The highest BCUT2D eigenvalue weighted by molar-refractivity contribution is 6.31. The van der Waals surface area contributed by atoms with Crippen LogP contribution < -0.4 is 5.32 Å². The van der Waals surface area contributed by atoms with E-state index in [-0.39, 0.29) is 17.4 Å². The maximum atomic E-state index is 13.1. The smallest absolute Gasteiger partial charge is 0.230 e. The molecule has 0 saturated heterocycles. The lowest BCUT2D eigenvalue weighted by Crippen LogP contribution is -2.14. The lowest BCUT2D eigenvalue weighted by molar-refractivity contribution is -0.115. The average Bonchev–Trinajstić information content (AvgIpc) is 3.00. The highest BCUT2D eigenvalue weighted by atomic mass is 35.5. The molecule has 3 rings (SSSR count). The molecule has 0 fully saturated rings. The Morgan fingerprint density at radius 1 is 1.12 bits per heavy atom. The first-order chi connectivity index (χ1) is 11.5. The normalized spacial score (nSPS) is 10.6. The van der Waals surface area contributed by atoms with Crippen LogP contribution in [0.25, 0.3) is 11.3 Å². The van der Waals surface area contributed by atoms with E-state index < -0.39 is 5.82 Å². The summed E-state index contributed by atoms with van der Waals surface area (Å²) in [6.45, 7) is 0. The van der Waals surface area contributed by atoms with Crippen molar-refractivity contribution in [3.63, 3.8) is 0 Å². The van der Waals surface area contributed by atoms with E-state index in [0.717, 1.165) is 5.56 Å². The van der Waals surface area contributed by atoms with Gasteiger partial charge in [0.15, 0.2) is 5.76 Å². The number of nitrogens with zero attached hydrogens (tertiary/aromatic N) is 1. The molecule has 7 heteroatoms. The van der Waals surface area contributed by atoms with Crippen molar-refractivity contribution >= 4 is 34.8 Å². The molecule has 0 unspecified atom stereocenters. The van der Waals surface area contributed by atoms with E-state index in [2.05, 4.69) is 10.5 Å². The largest absolute Gasteiger partial charge is 0.356 e.